The maximum Gasteiger partial charge on any atom is 0.356 e. The number of fused-ring (bicyclic) bond motifs is 3. The van der Waals surface area contributed by atoms with E-state index in [1.807, 2.05) is 25.1 Å². The monoisotopic (exact) mass is 265 g/mol. The number of nitrogens with zero attached hydrogens (tertiary/aromatic N) is 3. The molecule has 1 unspecified atom stereocenters. The highest BCUT2D eigenvalue weighted by Gasteiger charge is 2.25. The summed E-state index contributed by atoms with van der Waals surface area (Å²) in [7, 11) is 0. The van der Waals surface area contributed by atoms with Gasteiger partial charge in [0.15, 0.2) is 5.69 Å². The molecule has 1 aromatic carbocycles. The summed E-state index contributed by atoms with van der Waals surface area (Å²) in [6.07, 6.45) is 8.63. The Balaban J connectivity index is 2.30. The minimum absolute atomic E-state index is 0.0310. The van der Waals surface area contributed by atoms with Crippen molar-refractivity contribution in [1.29, 1.82) is 0 Å². The second-order valence-corrected chi connectivity index (χ2v) is 4.53. The highest BCUT2D eigenvalue weighted by molar-refractivity contribution is 5.90. The van der Waals surface area contributed by atoms with Crippen LogP contribution >= 0.6 is 0 Å². The van der Waals surface area contributed by atoms with Gasteiger partial charge in [0.25, 0.3) is 0 Å². The predicted molar refractivity (Wildman–Crippen MR) is 74.5 cm³/mol. The first kappa shape index (κ1) is 12.2. The lowest BCUT2D eigenvalue weighted by molar-refractivity contribution is 0.0689. The van der Waals surface area contributed by atoms with Gasteiger partial charge in [-0.25, -0.2) is 9.78 Å². The van der Waals surface area contributed by atoms with E-state index in [1.54, 1.807) is 10.8 Å². The van der Waals surface area contributed by atoms with Crippen molar-refractivity contribution in [3.63, 3.8) is 0 Å². The molecule has 0 spiro atoms. The number of hydrogen-bond donors (Lipinski definition) is 1. The Hall–Kier alpha value is -2.87. The Bertz CT molecular complexity index is 781. The number of carbonyl (C=O) groups is 1. The molecule has 0 radical (unpaired) electrons. The highest BCUT2D eigenvalue weighted by Crippen LogP contribution is 2.29. The highest BCUT2D eigenvalue weighted by atomic mass is 16.4. The van der Waals surface area contributed by atoms with Crippen molar-refractivity contribution in [2.75, 3.05) is 0 Å². The van der Waals surface area contributed by atoms with E-state index in [0.29, 0.717) is 5.69 Å². The zero-order valence-electron chi connectivity index (χ0n) is 10.7. The smallest absolute Gasteiger partial charge is 0.356 e. The molecular formula is C15H11N3O2. The maximum absolute atomic E-state index is 11.2. The number of terminal acetylenes is 1. The van der Waals surface area contributed by atoms with E-state index in [4.69, 9.17) is 6.42 Å². The normalized spacial score (nSPS) is 15.9. The van der Waals surface area contributed by atoms with Crippen LogP contribution in [0.4, 0.5) is 0 Å². The summed E-state index contributed by atoms with van der Waals surface area (Å²) in [6.45, 7) is 1.84. The quantitative estimate of drug-likeness (QED) is 0.802. The Morgan fingerprint density at radius 3 is 3.00 bits per heavy atom. The zero-order chi connectivity index (χ0) is 14.3. The van der Waals surface area contributed by atoms with E-state index in [0.717, 1.165) is 16.8 Å². The fraction of sp³-hybridized carbons (Fsp3) is 0.133. The summed E-state index contributed by atoms with van der Waals surface area (Å²) in [4.78, 5) is 19.6. The molecule has 5 nitrogen and oxygen atoms in total. The van der Waals surface area contributed by atoms with Gasteiger partial charge in [-0.1, -0.05) is 5.92 Å². The summed E-state index contributed by atoms with van der Waals surface area (Å²) in [5.41, 5.74) is 3.03. The second kappa shape index (κ2) is 4.35. The third-order valence-corrected chi connectivity index (χ3v) is 3.29. The molecule has 1 aliphatic rings. The van der Waals surface area contributed by atoms with Crippen LogP contribution in [0.15, 0.2) is 29.5 Å². The van der Waals surface area contributed by atoms with Gasteiger partial charge in [0, 0.05) is 17.3 Å². The molecule has 0 fully saturated rings. The summed E-state index contributed by atoms with van der Waals surface area (Å²) in [5.74, 6) is 1.52. The van der Waals surface area contributed by atoms with E-state index in [9.17, 15) is 9.90 Å². The van der Waals surface area contributed by atoms with Crippen molar-refractivity contribution in [1.82, 2.24) is 9.55 Å². The molecule has 1 N–H and O–H groups in total. The lowest BCUT2D eigenvalue weighted by Crippen LogP contribution is -2.07. The molecule has 2 heterocycles. The van der Waals surface area contributed by atoms with E-state index in [-0.39, 0.29) is 11.7 Å². The van der Waals surface area contributed by atoms with Gasteiger partial charge in [0.2, 0.25) is 0 Å². The van der Waals surface area contributed by atoms with Crippen molar-refractivity contribution < 1.29 is 9.90 Å². The zero-order valence-corrected chi connectivity index (χ0v) is 10.7. The van der Waals surface area contributed by atoms with Crippen LogP contribution in [0, 0.1) is 12.3 Å². The molecule has 1 aromatic heterocycles. The number of carboxylic acid groups (broad SMARTS) is 1. The number of aromatic carboxylic acids is 1. The minimum Gasteiger partial charge on any atom is -0.476 e. The van der Waals surface area contributed by atoms with Crippen LogP contribution in [0.5, 0.6) is 0 Å². The van der Waals surface area contributed by atoms with E-state index in [1.165, 1.54) is 6.33 Å². The SMILES string of the molecule is C#Cc1ccc2c(c1)C=NC(C)c1c(C(=O)O)ncn1-2. The molecule has 0 saturated carbocycles. The summed E-state index contributed by atoms with van der Waals surface area (Å²) < 4.78 is 1.76. The van der Waals surface area contributed by atoms with E-state index in [2.05, 4.69) is 15.9 Å². The Morgan fingerprint density at radius 2 is 2.30 bits per heavy atom. The molecule has 0 saturated heterocycles. The Morgan fingerprint density at radius 1 is 1.50 bits per heavy atom. The van der Waals surface area contributed by atoms with Gasteiger partial charge in [-0.3, -0.25) is 9.56 Å². The Labute approximate surface area is 115 Å². The van der Waals surface area contributed by atoms with Gasteiger partial charge in [-0.2, -0.15) is 0 Å². The van der Waals surface area contributed by atoms with Gasteiger partial charge in [0.1, 0.15) is 6.33 Å². The van der Waals surface area contributed by atoms with Crippen molar-refractivity contribution >= 4 is 12.2 Å². The van der Waals surface area contributed by atoms with Gasteiger partial charge in [0.05, 0.1) is 17.4 Å². The topological polar surface area (TPSA) is 67.5 Å². The molecule has 1 atom stereocenters. The third-order valence-electron chi connectivity index (χ3n) is 3.29. The van der Waals surface area contributed by atoms with Crippen LogP contribution < -0.4 is 0 Å². The van der Waals surface area contributed by atoms with Crippen LogP contribution in [0.2, 0.25) is 0 Å². The first-order valence-corrected chi connectivity index (χ1v) is 6.06. The van der Waals surface area contributed by atoms with E-state index >= 15 is 0 Å². The number of carboxylic acids is 1. The van der Waals surface area contributed by atoms with Crippen LogP contribution in [0.25, 0.3) is 5.69 Å². The van der Waals surface area contributed by atoms with Crippen LogP contribution in [0.3, 0.4) is 0 Å². The first-order valence-electron chi connectivity index (χ1n) is 6.06. The second-order valence-electron chi connectivity index (χ2n) is 4.53. The molecule has 0 amide bonds. The molecular weight excluding hydrogens is 254 g/mol. The first-order chi connectivity index (χ1) is 9.61. The number of rotatable bonds is 1. The summed E-state index contributed by atoms with van der Waals surface area (Å²) >= 11 is 0. The summed E-state index contributed by atoms with van der Waals surface area (Å²) in [6, 6.07) is 5.23. The lowest BCUT2D eigenvalue weighted by Gasteiger charge is -2.10. The molecule has 2 aromatic rings. The van der Waals surface area contributed by atoms with Gasteiger partial charge in [-0.05, 0) is 25.1 Å². The molecule has 0 bridgehead atoms. The number of hydrogen-bond acceptors (Lipinski definition) is 3. The van der Waals surface area contributed by atoms with Gasteiger partial charge >= 0.3 is 5.97 Å². The van der Waals surface area contributed by atoms with Crippen molar-refractivity contribution in [3.05, 3.63) is 47.0 Å². The van der Waals surface area contributed by atoms with Gasteiger partial charge < -0.3 is 5.11 Å². The predicted octanol–water partition coefficient (Wildman–Crippen LogP) is 2.05. The van der Waals surface area contributed by atoms with E-state index < -0.39 is 5.97 Å². The number of benzene rings is 1. The molecule has 98 valence electrons. The standard InChI is InChI=1S/C15H11N3O2/c1-3-10-4-5-12-11(6-10)7-16-9(2)14-13(15(19)20)17-8-18(12)14/h1,4-9H,2H3,(H,19,20). The molecule has 5 heteroatoms. The lowest BCUT2D eigenvalue weighted by atomic mass is 10.1. The minimum atomic E-state index is -1.05. The number of imidazole rings is 1. The molecule has 20 heavy (non-hydrogen) atoms. The maximum atomic E-state index is 11.2. The summed E-state index contributed by atoms with van der Waals surface area (Å²) in [5, 5.41) is 9.22. The molecule has 3 rings (SSSR count). The molecule has 0 aliphatic carbocycles. The average Bonchev–Trinajstić information content (AvgIpc) is 2.84. The van der Waals surface area contributed by atoms with Crippen LogP contribution in [-0.2, 0) is 0 Å². The fourth-order valence-corrected chi connectivity index (χ4v) is 2.34. The van der Waals surface area contributed by atoms with Crippen LogP contribution in [-0.4, -0.2) is 26.8 Å². The van der Waals surface area contributed by atoms with Crippen molar-refractivity contribution in [2.24, 2.45) is 4.99 Å². The largest absolute Gasteiger partial charge is 0.476 e. The van der Waals surface area contributed by atoms with Crippen molar-refractivity contribution in [3.8, 4) is 18.0 Å². The number of aromatic nitrogens is 2. The average molecular weight is 265 g/mol. The molecule has 1 aliphatic heterocycles. The van der Waals surface area contributed by atoms with Gasteiger partial charge in [-0.15, -0.1) is 6.42 Å². The Kier molecular flexibility index (Phi) is 2.65. The fourth-order valence-electron chi connectivity index (χ4n) is 2.34. The van der Waals surface area contributed by atoms with Crippen molar-refractivity contribution in [2.45, 2.75) is 13.0 Å². The van der Waals surface area contributed by atoms with Crippen LogP contribution in [0.1, 0.15) is 40.3 Å². The third kappa shape index (κ3) is 1.70. The number of aliphatic imine (C=N–C) groups is 1.